The number of rotatable bonds is 8. The van der Waals surface area contributed by atoms with E-state index in [9.17, 15) is 26.0 Å². The topological polar surface area (TPSA) is 109 Å². The van der Waals surface area contributed by atoms with Crippen LogP contribution in [-0.2, 0) is 16.7 Å². The van der Waals surface area contributed by atoms with Gasteiger partial charge in [0.15, 0.2) is 11.6 Å². The van der Waals surface area contributed by atoms with E-state index >= 15 is 0 Å². The molecule has 0 amide bonds. The first-order chi connectivity index (χ1) is 18.8. The summed E-state index contributed by atoms with van der Waals surface area (Å²) in [5.41, 5.74) is -0.283. The van der Waals surface area contributed by atoms with Crippen LogP contribution in [0.15, 0.2) is 59.6 Å². The number of sulfonamides is 1. The maximum atomic E-state index is 14.9. The van der Waals surface area contributed by atoms with Crippen LogP contribution in [-0.4, -0.2) is 49.2 Å². The summed E-state index contributed by atoms with van der Waals surface area (Å²) in [5, 5.41) is 6.28. The Labute approximate surface area is 222 Å². The quantitative estimate of drug-likeness (QED) is 0.270. The summed E-state index contributed by atoms with van der Waals surface area (Å²) in [5.74, 6) is -2.23. The highest BCUT2D eigenvalue weighted by Crippen LogP contribution is 2.31. The van der Waals surface area contributed by atoms with Gasteiger partial charge in [0, 0.05) is 36.2 Å². The molecule has 4 aromatic rings. The van der Waals surface area contributed by atoms with Crippen LogP contribution < -0.4 is 15.4 Å². The van der Waals surface area contributed by atoms with Crippen molar-refractivity contribution in [2.45, 2.75) is 24.0 Å². The summed E-state index contributed by atoms with van der Waals surface area (Å²) in [7, 11) is -4.24. The molecule has 0 aliphatic carbocycles. The summed E-state index contributed by atoms with van der Waals surface area (Å²) < 4.78 is 84.0. The Balaban J connectivity index is 1.43. The van der Waals surface area contributed by atoms with Gasteiger partial charge in [-0.2, -0.15) is 0 Å². The highest BCUT2D eigenvalue weighted by atomic mass is 32.2. The Morgan fingerprint density at radius 1 is 1.00 bits per heavy atom. The third-order valence-electron chi connectivity index (χ3n) is 6.39. The molecule has 1 saturated heterocycles. The van der Waals surface area contributed by atoms with E-state index in [4.69, 9.17) is 0 Å². The van der Waals surface area contributed by atoms with Crippen LogP contribution in [0.3, 0.4) is 0 Å². The molecule has 5 rings (SSSR count). The van der Waals surface area contributed by atoms with Gasteiger partial charge in [0.2, 0.25) is 5.95 Å². The fourth-order valence-corrected chi connectivity index (χ4v) is 5.56. The normalized spacial score (nSPS) is 17.7. The number of hydrogen-bond donors (Lipinski definition) is 3. The first-order valence-electron chi connectivity index (χ1n) is 12.1. The van der Waals surface area contributed by atoms with Gasteiger partial charge in [0.25, 0.3) is 10.0 Å². The second kappa shape index (κ2) is 11.1. The van der Waals surface area contributed by atoms with E-state index in [-0.39, 0.29) is 50.7 Å². The lowest BCUT2D eigenvalue weighted by atomic mass is 9.97. The minimum atomic E-state index is -4.24. The summed E-state index contributed by atoms with van der Waals surface area (Å²) in [6.45, 7) is -0.187. The molecule has 0 unspecified atom stereocenters. The van der Waals surface area contributed by atoms with Gasteiger partial charge in [-0.25, -0.2) is 36.5 Å². The van der Waals surface area contributed by atoms with Crippen molar-refractivity contribution < 1.29 is 26.0 Å². The van der Waals surface area contributed by atoms with Gasteiger partial charge in [-0.05, 0) is 36.8 Å². The molecular formula is C26H24F4N6O2S. The van der Waals surface area contributed by atoms with E-state index in [2.05, 4.69) is 25.6 Å². The standard InChI is InChI=1S/C26H24F4N6O2S/c27-10-15-6-18(13-31-12-15)33-26-32-14-23-24(35-26)17(11-28)9-22(34-23)16-7-20(29)25(21(30)8-16)36-39(37,38)19-4-2-1-3-5-19/h1-5,7-9,14-15,18,31,36H,6,10-13H2,(H,32,33,35)/t15-,18-/m0/s1. The molecule has 1 aliphatic rings. The van der Waals surface area contributed by atoms with Crippen LogP contribution in [0.4, 0.5) is 29.2 Å². The third kappa shape index (κ3) is 5.78. The van der Waals surface area contributed by atoms with Crippen molar-refractivity contribution in [2.24, 2.45) is 5.92 Å². The van der Waals surface area contributed by atoms with Crippen molar-refractivity contribution in [1.29, 1.82) is 0 Å². The van der Waals surface area contributed by atoms with Gasteiger partial charge in [0.1, 0.15) is 23.4 Å². The van der Waals surface area contributed by atoms with E-state index < -0.39 is 40.7 Å². The summed E-state index contributed by atoms with van der Waals surface area (Å²) in [6, 6.07) is 10.2. The number of fused-ring (bicyclic) bond motifs is 1. The fraction of sp³-hybridized carbons (Fsp3) is 0.269. The van der Waals surface area contributed by atoms with Crippen molar-refractivity contribution in [2.75, 3.05) is 29.8 Å². The lowest BCUT2D eigenvalue weighted by Crippen LogP contribution is -2.44. The number of anilines is 2. The van der Waals surface area contributed by atoms with Gasteiger partial charge < -0.3 is 10.6 Å². The highest BCUT2D eigenvalue weighted by Gasteiger charge is 2.23. The Hall–Kier alpha value is -3.84. The van der Waals surface area contributed by atoms with Crippen molar-refractivity contribution in [3.8, 4) is 11.3 Å². The van der Waals surface area contributed by atoms with Gasteiger partial charge in [-0.3, -0.25) is 9.11 Å². The summed E-state index contributed by atoms with van der Waals surface area (Å²) in [4.78, 5) is 12.8. The summed E-state index contributed by atoms with van der Waals surface area (Å²) in [6.07, 6.45) is 1.96. The maximum Gasteiger partial charge on any atom is 0.262 e. The SMILES string of the molecule is O=S(=O)(Nc1c(F)cc(-c2cc(CF)c3nc(N[C@@H]4CNC[C@H](CF)C4)ncc3n2)cc1F)c1ccccc1. The number of pyridine rings is 1. The number of halogens is 4. The van der Waals surface area contributed by atoms with Gasteiger partial charge in [-0.15, -0.1) is 0 Å². The number of aromatic nitrogens is 3. The second-order valence-electron chi connectivity index (χ2n) is 9.22. The van der Waals surface area contributed by atoms with Crippen LogP contribution >= 0.6 is 0 Å². The second-order valence-corrected chi connectivity index (χ2v) is 10.9. The molecule has 0 bridgehead atoms. The number of benzene rings is 2. The Morgan fingerprint density at radius 2 is 1.74 bits per heavy atom. The van der Waals surface area contributed by atoms with Crippen LogP contribution in [0.5, 0.6) is 0 Å². The number of alkyl halides is 2. The molecule has 39 heavy (non-hydrogen) atoms. The Morgan fingerprint density at radius 3 is 2.44 bits per heavy atom. The minimum absolute atomic E-state index is 0.0306. The van der Waals surface area contributed by atoms with Crippen LogP contribution in [0.25, 0.3) is 22.3 Å². The van der Waals surface area contributed by atoms with Crippen LogP contribution in [0.2, 0.25) is 0 Å². The molecule has 1 fully saturated rings. The third-order valence-corrected chi connectivity index (χ3v) is 7.76. The lowest BCUT2D eigenvalue weighted by molar-refractivity contribution is 0.282. The Kier molecular flexibility index (Phi) is 7.62. The molecule has 0 spiro atoms. The number of nitrogens with zero attached hydrogens (tertiary/aromatic N) is 3. The highest BCUT2D eigenvalue weighted by molar-refractivity contribution is 7.92. The molecule has 2 atom stereocenters. The monoisotopic (exact) mass is 560 g/mol. The average molecular weight is 561 g/mol. The minimum Gasteiger partial charge on any atom is -0.350 e. The zero-order chi connectivity index (χ0) is 27.6. The molecule has 0 radical (unpaired) electrons. The lowest BCUT2D eigenvalue weighted by Gasteiger charge is -2.29. The number of hydrogen-bond acceptors (Lipinski definition) is 7. The van der Waals surface area contributed by atoms with E-state index in [1.165, 1.54) is 36.5 Å². The first kappa shape index (κ1) is 26.8. The first-order valence-corrected chi connectivity index (χ1v) is 13.6. The number of nitrogens with one attached hydrogen (secondary N) is 3. The summed E-state index contributed by atoms with van der Waals surface area (Å²) >= 11 is 0. The molecule has 13 heteroatoms. The molecule has 1 aliphatic heterocycles. The predicted octanol–water partition coefficient (Wildman–Crippen LogP) is 4.60. The van der Waals surface area contributed by atoms with Crippen LogP contribution in [0, 0.1) is 17.6 Å². The van der Waals surface area contributed by atoms with Gasteiger partial charge in [0.05, 0.1) is 23.5 Å². The molecule has 3 heterocycles. The van der Waals surface area contributed by atoms with E-state index in [1.807, 2.05) is 4.72 Å². The van der Waals surface area contributed by atoms with E-state index in [0.717, 1.165) is 12.1 Å². The average Bonchev–Trinajstić information content (AvgIpc) is 2.95. The zero-order valence-electron chi connectivity index (χ0n) is 20.5. The van der Waals surface area contributed by atoms with E-state index in [1.54, 1.807) is 6.07 Å². The van der Waals surface area contributed by atoms with Gasteiger partial charge in [-0.1, -0.05) is 18.2 Å². The molecular weight excluding hydrogens is 536 g/mol. The fourth-order valence-electron chi connectivity index (χ4n) is 4.46. The Bertz CT molecular complexity index is 1580. The predicted molar refractivity (Wildman–Crippen MR) is 139 cm³/mol. The maximum absolute atomic E-state index is 14.9. The zero-order valence-corrected chi connectivity index (χ0v) is 21.3. The molecule has 8 nitrogen and oxygen atoms in total. The smallest absolute Gasteiger partial charge is 0.262 e. The largest absolute Gasteiger partial charge is 0.350 e. The van der Waals surface area contributed by atoms with Crippen molar-refractivity contribution in [3.05, 3.63) is 71.9 Å². The van der Waals surface area contributed by atoms with Crippen molar-refractivity contribution >= 4 is 32.7 Å². The molecule has 204 valence electrons. The molecule has 3 N–H and O–H groups in total. The number of piperidine rings is 1. The van der Waals surface area contributed by atoms with Crippen LogP contribution in [0.1, 0.15) is 12.0 Å². The van der Waals surface area contributed by atoms with Gasteiger partial charge >= 0.3 is 0 Å². The van der Waals surface area contributed by atoms with E-state index in [0.29, 0.717) is 19.5 Å². The van der Waals surface area contributed by atoms with Crippen molar-refractivity contribution in [1.82, 2.24) is 20.3 Å². The molecule has 0 saturated carbocycles. The van der Waals surface area contributed by atoms with Crippen molar-refractivity contribution in [3.63, 3.8) is 0 Å². The molecule has 2 aromatic heterocycles. The molecule has 2 aromatic carbocycles.